The lowest BCUT2D eigenvalue weighted by Crippen LogP contribution is -2.44. The van der Waals surface area contributed by atoms with E-state index in [4.69, 9.17) is 30.5 Å². The zero-order valence-corrected chi connectivity index (χ0v) is 19.6. The number of amides is 2. The van der Waals surface area contributed by atoms with Crippen LogP contribution >= 0.6 is 0 Å². The number of carboxylic acids is 1. The van der Waals surface area contributed by atoms with E-state index in [0.29, 0.717) is 5.58 Å². The average Bonchev–Trinajstić information content (AvgIpc) is 2.72. The van der Waals surface area contributed by atoms with Crippen molar-refractivity contribution in [1.82, 2.24) is 5.32 Å². The van der Waals surface area contributed by atoms with Crippen LogP contribution in [0.15, 0.2) is 33.5 Å². The summed E-state index contributed by atoms with van der Waals surface area (Å²) in [6, 6.07) is 5.18. The Hall–Kier alpha value is -3.94. The third kappa shape index (κ3) is 9.37. The van der Waals surface area contributed by atoms with Gasteiger partial charge < -0.3 is 31.0 Å². The lowest BCUT2D eigenvalue weighted by atomic mass is 9.89. The number of alkyl halides is 3. The number of carbonyl (C=O) groups excluding carboxylic acids is 3. The summed E-state index contributed by atoms with van der Waals surface area (Å²) in [5.74, 6) is -4.21. The number of primary amides is 1. The molecular formula is C22H26F3N3O8. The van der Waals surface area contributed by atoms with Gasteiger partial charge in [0, 0.05) is 24.1 Å². The first-order valence-corrected chi connectivity index (χ1v) is 10.3. The van der Waals surface area contributed by atoms with Crippen molar-refractivity contribution in [2.45, 2.75) is 45.8 Å². The molecule has 0 saturated carbocycles. The quantitative estimate of drug-likeness (QED) is 0.227. The summed E-state index contributed by atoms with van der Waals surface area (Å²) in [6.07, 6.45) is -5.06. The lowest BCUT2D eigenvalue weighted by Gasteiger charge is -2.23. The number of aryl methyl sites for hydroxylation is 1. The molecule has 36 heavy (non-hydrogen) atoms. The molecule has 0 aliphatic carbocycles. The highest BCUT2D eigenvalue weighted by molar-refractivity contribution is 5.87. The zero-order chi connectivity index (χ0) is 27.8. The van der Waals surface area contributed by atoms with Gasteiger partial charge in [-0.25, -0.2) is 9.59 Å². The third-order valence-electron chi connectivity index (χ3n) is 4.74. The van der Waals surface area contributed by atoms with Gasteiger partial charge >= 0.3 is 23.7 Å². The summed E-state index contributed by atoms with van der Waals surface area (Å²) in [5.41, 5.74) is 10.3. The van der Waals surface area contributed by atoms with Gasteiger partial charge in [-0.05, 0) is 44.9 Å². The summed E-state index contributed by atoms with van der Waals surface area (Å²) < 4.78 is 42.3. The van der Waals surface area contributed by atoms with Gasteiger partial charge in [-0.1, -0.05) is 0 Å². The van der Waals surface area contributed by atoms with Gasteiger partial charge in [0.05, 0.1) is 17.9 Å². The van der Waals surface area contributed by atoms with Gasteiger partial charge in [0.1, 0.15) is 11.3 Å². The molecule has 0 radical (unpaired) electrons. The van der Waals surface area contributed by atoms with Gasteiger partial charge in [0.2, 0.25) is 11.8 Å². The van der Waals surface area contributed by atoms with Crippen LogP contribution in [0.25, 0.3) is 11.0 Å². The van der Waals surface area contributed by atoms with E-state index in [2.05, 4.69) is 5.32 Å². The Morgan fingerprint density at radius 1 is 1.17 bits per heavy atom. The SMILES string of the molecule is Cc1cc(=O)oc2cc(OC(=O)C(C)(C)CCNC(=O)[C@H](N)CC(N)=O)ccc12.O=C(O)C(F)(F)F. The Kier molecular flexibility index (Phi) is 10.2. The molecule has 0 saturated heterocycles. The third-order valence-corrected chi connectivity index (χ3v) is 4.74. The zero-order valence-electron chi connectivity index (χ0n) is 19.6. The number of carboxylic acid groups (broad SMARTS) is 1. The molecule has 0 unspecified atom stereocenters. The van der Waals surface area contributed by atoms with E-state index >= 15 is 0 Å². The molecule has 6 N–H and O–H groups in total. The van der Waals surface area contributed by atoms with Crippen molar-refractivity contribution in [2.24, 2.45) is 16.9 Å². The highest BCUT2D eigenvalue weighted by atomic mass is 19.4. The second-order valence-corrected chi connectivity index (χ2v) is 8.30. The van der Waals surface area contributed by atoms with E-state index in [0.717, 1.165) is 10.9 Å². The first kappa shape index (κ1) is 30.1. The van der Waals surface area contributed by atoms with Crippen molar-refractivity contribution >= 4 is 34.7 Å². The molecule has 1 aromatic heterocycles. The summed E-state index contributed by atoms with van der Waals surface area (Å²) >= 11 is 0. The minimum Gasteiger partial charge on any atom is -0.475 e. The first-order chi connectivity index (χ1) is 16.4. The molecular weight excluding hydrogens is 491 g/mol. The number of hydrogen-bond donors (Lipinski definition) is 4. The van der Waals surface area contributed by atoms with Gasteiger partial charge in [-0.2, -0.15) is 13.2 Å². The second kappa shape index (κ2) is 12.2. The van der Waals surface area contributed by atoms with Gasteiger partial charge in [0.15, 0.2) is 0 Å². The van der Waals surface area contributed by atoms with Crippen molar-refractivity contribution in [3.05, 3.63) is 40.2 Å². The number of nitrogens with two attached hydrogens (primary N) is 2. The number of rotatable bonds is 8. The Bertz CT molecular complexity index is 1190. The van der Waals surface area contributed by atoms with Crippen LogP contribution in [0.3, 0.4) is 0 Å². The number of esters is 1. The lowest BCUT2D eigenvalue weighted by molar-refractivity contribution is -0.192. The van der Waals surface area contributed by atoms with Crippen LogP contribution in [-0.2, 0) is 19.2 Å². The Labute approximate surface area is 202 Å². The van der Waals surface area contributed by atoms with E-state index in [1.54, 1.807) is 32.9 Å². The van der Waals surface area contributed by atoms with Crippen LogP contribution in [0.4, 0.5) is 13.2 Å². The average molecular weight is 517 g/mol. The molecule has 1 heterocycles. The molecule has 198 valence electrons. The van der Waals surface area contributed by atoms with Gasteiger partial charge in [0.25, 0.3) is 0 Å². The summed E-state index contributed by atoms with van der Waals surface area (Å²) in [4.78, 5) is 55.6. The summed E-state index contributed by atoms with van der Waals surface area (Å²) in [6.45, 7) is 5.31. The number of carbonyl (C=O) groups is 4. The van der Waals surface area contributed by atoms with Gasteiger partial charge in [-0.3, -0.25) is 14.4 Å². The number of nitrogens with one attached hydrogen (secondary N) is 1. The van der Waals surface area contributed by atoms with Crippen molar-refractivity contribution in [3.63, 3.8) is 0 Å². The standard InChI is InChI=1S/C20H25N3O6.C2HF3O2/c1-11-8-17(25)29-15-9-12(4-5-13(11)15)28-19(27)20(2,3)6-7-23-18(26)14(21)10-16(22)24;3-2(4,5)1(6)7/h4-5,8-9,14H,6-7,10,21H2,1-3H3,(H2,22,24)(H,23,26);(H,6,7)/t14-;/m1./s1. The molecule has 1 atom stereocenters. The fraction of sp³-hybridized carbons (Fsp3) is 0.409. The number of fused-ring (bicyclic) bond motifs is 1. The number of aliphatic carboxylic acids is 1. The largest absolute Gasteiger partial charge is 0.490 e. The van der Waals surface area contributed by atoms with E-state index in [-0.39, 0.29) is 25.1 Å². The van der Waals surface area contributed by atoms with Crippen LogP contribution in [0, 0.1) is 12.3 Å². The Morgan fingerprint density at radius 2 is 1.75 bits per heavy atom. The van der Waals surface area contributed by atoms with Crippen molar-refractivity contribution in [3.8, 4) is 5.75 Å². The number of halogens is 3. The maximum absolute atomic E-state index is 12.5. The van der Waals surface area contributed by atoms with Crippen molar-refractivity contribution in [2.75, 3.05) is 6.54 Å². The van der Waals surface area contributed by atoms with E-state index in [9.17, 15) is 32.3 Å². The van der Waals surface area contributed by atoms with Crippen LogP contribution in [0.2, 0.25) is 0 Å². The highest BCUT2D eigenvalue weighted by Crippen LogP contribution is 2.26. The predicted molar refractivity (Wildman–Crippen MR) is 120 cm³/mol. The maximum atomic E-state index is 12.5. The fourth-order valence-corrected chi connectivity index (χ4v) is 2.65. The Balaban J connectivity index is 0.000000809. The molecule has 11 nitrogen and oxygen atoms in total. The number of benzene rings is 1. The van der Waals surface area contributed by atoms with Crippen molar-refractivity contribution < 1.29 is 46.6 Å². The molecule has 1 aromatic carbocycles. The fourth-order valence-electron chi connectivity index (χ4n) is 2.65. The topological polar surface area (TPSA) is 192 Å². The molecule has 2 rings (SSSR count). The predicted octanol–water partition coefficient (Wildman–Crippen LogP) is 1.38. The molecule has 2 amide bonds. The molecule has 0 spiro atoms. The van der Waals surface area contributed by atoms with Crippen LogP contribution in [0.1, 0.15) is 32.3 Å². The monoisotopic (exact) mass is 517 g/mol. The van der Waals surface area contributed by atoms with Crippen molar-refractivity contribution in [1.29, 1.82) is 0 Å². The number of ether oxygens (including phenoxy) is 1. The van der Waals surface area contributed by atoms with Gasteiger partial charge in [-0.15, -0.1) is 0 Å². The van der Waals surface area contributed by atoms with Crippen LogP contribution in [-0.4, -0.2) is 47.6 Å². The minimum absolute atomic E-state index is 0.166. The van der Waals surface area contributed by atoms with Crippen LogP contribution < -0.4 is 27.1 Å². The molecule has 0 fully saturated rings. The van der Waals surface area contributed by atoms with Crippen LogP contribution in [0.5, 0.6) is 5.75 Å². The summed E-state index contributed by atoms with van der Waals surface area (Å²) in [7, 11) is 0. The van der Waals surface area contributed by atoms with E-state index in [1.807, 2.05) is 0 Å². The second-order valence-electron chi connectivity index (χ2n) is 8.30. The molecule has 0 bridgehead atoms. The normalized spacial score (nSPS) is 12.2. The van der Waals surface area contributed by atoms with E-state index in [1.165, 1.54) is 12.1 Å². The minimum atomic E-state index is -5.08. The number of hydrogen-bond acceptors (Lipinski definition) is 8. The Morgan fingerprint density at radius 3 is 2.28 bits per heavy atom. The summed E-state index contributed by atoms with van der Waals surface area (Å²) in [5, 5.41) is 10.4. The molecule has 0 aliphatic rings. The molecule has 14 heteroatoms. The van der Waals surface area contributed by atoms with E-state index < -0.39 is 47.0 Å². The molecule has 2 aromatic rings. The maximum Gasteiger partial charge on any atom is 0.490 e. The first-order valence-electron chi connectivity index (χ1n) is 10.3. The highest BCUT2D eigenvalue weighted by Gasteiger charge is 2.38. The molecule has 0 aliphatic heterocycles. The smallest absolute Gasteiger partial charge is 0.475 e.